The predicted molar refractivity (Wildman–Crippen MR) is 108 cm³/mol. The second kappa shape index (κ2) is 8.89. The normalized spacial score (nSPS) is 16.8. The quantitative estimate of drug-likeness (QED) is 0.707. The zero-order valence-electron chi connectivity index (χ0n) is 16.6. The lowest BCUT2D eigenvalue weighted by Crippen LogP contribution is -2.93. The number of hydrogen-bond donors (Lipinski definition) is 3. The maximum Gasteiger partial charge on any atom is 0.279 e. The first-order valence-corrected chi connectivity index (χ1v) is 9.63. The van der Waals surface area contributed by atoms with Crippen molar-refractivity contribution in [3.05, 3.63) is 59.7 Å². The van der Waals surface area contributed by atoms with Crippen molar-refractivity contribution in [3.63, 3.8) is 0 Å². The Morgan fingerprint density at radius 1 is 1.07 bits per heavy atom. The molecule has 2 amide bonds. The smallest absolute Gasteiger partial charge is 0.279 e. The van der Waals surface area contributed by atoms with Crippen LogP contribution in [-0.2, 0) is 22.6 Å². The molecule has 0 spiro atoms. The minimum absolute atomic E-state index is 0.0296. The highest BCUT2D eigenvalue weighted by molar-refractivity contribution is 5.97. The summed E-state index contributed by atoms with van der Waals surface area (Å²) in [4.78, 5) is 25.6. The van der Waals surface area contributed by atoms with Crippen LogP contribution in [0.15, 0.2) is 48.5 Å². The van der Waals surface area contributed by atoms with Crippen molar-refractivity contribution in [2.75, 3.05) is 12.4 Å². The first-order chi connectivity index (χ1) is 13.5. The second-order valence-corrected chi connectivity index (χ2v) is 7.47. The lowest BCUT2D eigenvalue weighted by Gasteiger charge is -2.26. The molecule has 6 nitrogen and oxygen atoms in total. The lowest BCUT2D eigenvalue weighted by atomic mass is 9.94. The predicted octanol–water partition coefficient (Wildman–Crippen LogP) is 1.46. The number of carbonyl (C=O) groups is 2. The topological polar surface area (TPSA) is 84.0 Å². The number of hydrogen-bond acceptors (Lipinski definition) is 3. The fraction of sp³-hybridized carbons (Fsp3) is 0.364. The number of fused-ring (bicyclic) bond motifs is 1. The van der Waals surface area contributed by atoms with Gasteiger partial charge >= 0.3 is 0 Å². The van der Waals surface area contributed by atoms with Crippen molar-refractivity contribution < 1.29 is 19.6 Å². The Balaban J connectivity index is 1.63. The summed E-state index contributed by atoms with van der Waals surface area (Å²) in [6.07, 6.45) is 0.674. The molecule has 0 fully saturated rings. The number of quaternary nitrogens is 1. The van der Waals surface area contributed by atoms with Crippen molar-refractivity contribution >= 4 is 17.5 Å². The van der Waals surface area contributed by atoms with Crippen LogP contribution >= 0.6 is 0 Å². The van der Waals surface area contributed by atoms with E-state index in [0.717, 1.165) is 12.3 Å². The summed E-state index contributed by atoms with van der Waals surface area (Å²) in [5.41, 5.74) is 3.14. The Bertz CT molecular complexity index is 833. The third-order valence-electron chi connectivity index (χ3n) is 5.12. The molecule has 1 heterocycles. The van der Waals surface area contributed by atoms with E-state index in [-0.39, 0.29) is 23.8 Å². The molecule has 3 rings (SSSR count). The molecule has 0 unspecified atom stereocenters. The minimum Gasteiger partial charge on any atom is -0.497 e. The van der Waals surface area contributed by atoms with E-state index in [4.69, 9.17) is 4.74 Å². The van der Waals surface area contributed by atoms with Gasteiger partial charge < -0.3 is 20.7 Å². The molecule has 0 radical (unpaired) electrons. The van der Waals surface area contributed by atoms with Crippen molar-refractivity contribution in [2.45, 2.75) is 38.9 Å². The molecule has 6 heteroatoms. The van der Waals surface area contributed by atoms with Gasteiger partial charge in [0.1, 0.15) is 18.3 Å². The van der Waals surface area contributed by atoms with Crippen molar-refractivity contribution in [1.29, 1.82) is 0 Å². The Hall–Kier alpha value is -2.86. The molecule has 0 saturated carbocycles. The maximum atomic E-state index is 12.8. The Kier molecular flexibility index (Phi) is 6.31. The van der Waals surface area contributed by atoms with E-state index in [1.54, 1.807) is 31.4 Å². The number of nitrogens with one attached hydrogen (secondary N) is 2. The molecular formula is C22H28N3O3+. The van der Waals surface area contributed by atoms with Gasteiger partial charge in [-0.1, -0.05) is 38.1 Å². The number of anilines is 1. The van der Waals surface area contributed by atoms with Gasteiger partial charge in [0, 0.05) is 17.7 Å². The highest BCUT2D eigenvalue weighted by Crippen LogP contribution is 2.16. The van der Waals surface area contributed by atoms with Crippen LogP contribution < -0.4 is 20.7 Å². The van der Waals surface area contributed by atoms with Crippen molar-refractivity contribution in [3.8, 4) is 5.75 Å². The van der Waals surface area contributed by atoms with Gasteiger partial charge in [0.15, 0.2) is 6.04 Å². The minimum atomic E-state index is -0.597. The first kappa shape index (κ1) is 19.9. The third kappa shape index (κ3) is 4.70. The zero-order chi connectivity index (χ0) is 20.1. The summed E-state index contributed by atoms with van der Waals surface area (Å²) < 4.78 is 5.13. The number of rotatable bonds is 6. The average Bonchev–Trinajstić information content (AvgIpc) is 2.71. The Morgan fingerprint density at radius 3 is 2.39 bits per heavy atom. The molecule has 0 bridgehead atoms. The molecule has 1 aliphatic heterocycles. The molecule has 28 heavy (non-hydrogen) atoms. The Morgan fingerprint density at radius 2 is 1.75 bits per heavy atom. The van der Waals surface area contributed by atoms with E-state index < -0.39 is 6.04 Å². The lowest BCUT2D eigenvalue weighted by molar-refractivity contribution is -0.695. The highest BCUT2D eigenvalue weighted by Gasteiger charge is 2.32. The van der Waals surface area contributed by atoms with Gasteiger partial charge in [-0.3, -0.25) is 9.59 Å². The molecule has 148 valence electrons. The van der Waals surface area contributed by atoms with E-state index in [9.17, 15) is 9.59 Å². The van der Waals surface area contributed by atoms with Gasteiger partial charge in [-0.15, -0.1) is 0 Å². The van der Waals surface area contributed by atoms with Gasteiger partial charge in [0.2, 0.25) is 5.91 Å². The molecule has 2 aromatic rings. The maximum absolute atomic E-state index is 12.8. The second-order valence-electron chi connectivity index (χ2n) is 7.47. The van der Waals surface area contributed by atoms with E-state index in [1.165, 1.54) is 11.1 Å². The van der Waals surface area contributed by atoms with Gasteiger partial charge in [-0.25, -0.2) is 0 Å². The number of nitrogens with two attached hydrogens (primary N) is 1. The van der Waals surface area contributed by atoms with Crippen LogP contribution in [0.5, 0.6) is 5.75 Å². The summed E-state index contributed by atoms with van der Waals surface area (Å²) in [7, 11) is 1.60. The SMILES string of the molecule is COc1ccc(NC(=O)[C@H](NC(=O)[C@@H]2Cc3ccccc3C[NH2+]2)C(C)C)cc1. The van der Waals surface area contributed by atoms with Crippen LogP contribution in [0.3, 0.4) is 0 Å². The molecule has 0 aromatic heterocycles. The van der Waals surface area contributed by atoms with E-state index >= 15 is 0 Å². The summed E-state index contributed by atoms with van der Waals surface area (Å²) in [5, 5.41) is 7.87. The van der Waals surface area contributed by atoms with E-state index in [2.05, 4.69) is 22.8 Å². The molecule has 2 aromatic carbocycles. The van der Waals surface area contributed by atoms with E-state index in [1.807, 2.05) is 31.3 Å². The number of methoxy groups -OCH3 is 1. The van der Waals surface area contributed by atoms with Crippen LogP contribution in [0, 0.1) is 5.92 Å². The van der Waals surface area contributed by atoms with Gasteiger partial charge in [-0.05, 0) is 35.7 Å². The number of amides is 2. The summed E-state index contributed by atoms with van der Waals surface area (Å²) in [6.45, 7) is 4.63. The average molecular weight is 382 g/mol. The fourth-order valence-corrected chi connectivity index (χ4v) is 3.43. The van der Waals surface area contributed by atoms with Crippen molar-refractivity contribution in [1.82, 2.24) is 5.32 Å². The Labute approximate surface area is 165 Å². The van der Waals surface area contributed by atoms with Crippen LogP contribution in [0.2, 0.25) is 0 Å². The molecule has 1 aliphatic rings. The number of benzene rings is 2. The highest BCUT2D eigenvalue weighted by atomic mass is 16.5. The summed E-state index contributed by atoms with van der Waals surface area (Å²) in [5.74, 6) is 0.376. The monoisotopic (exact) mass is 382 g/mol. The number of carbonyl (C=O) groups excluding carboxylic acids is 2. The van der Waals surface area contributed by atoms with Gasteiger partial charge in [0.05, 0.1) is 7.11 Å². The van der Waals surface area contributed by atoms with Crippen LogP contribution in [0.4, 0.5) is 5.69 Å². The summed E-state index contributed by atoms with van der Waals surface area (Å²) >= 11 is 0. The molecule has 0 aliphatic carbocycles. The zero-order valence-corrected chi connectivity index (χ0v) is 16.6. The summed E-state index contributed by atoms with van der Waals surface area (Å²) in [6, 6.07) is 14.5. The van der Waals surface area contributed by atoms with Gasteiger partial charge in [0.25, 0.3) is 5.91 Å². The van der Waals surface area contributed by atoms with Gasteiger partial charge in [-0.2, -0.15) is 0 Å². The van der Waals surface area contributed by atoms with Crippen LogP contribution in [0.1, 0.15) is 25.0 Å². The molecule has 4 N–H and O–H groups in total. The molecule has 2 atom stereocenters. The first-order valence-electron chi connectivity index (χ1n) is 9.63. The largest absolute Gasteiger partial charge is 0.497 e. The van der Waals surface area contributed by atoms with Crippen LogP contribution in [-0.4, -0.2) is 31.0 Å². The van der Waals surface area contributed by atoms with Crippen LogP contribution in [0.25, 0.3) is 0 Å². The third-order valence-corrected chi connectivity index (χ3v) is 5.12. The van der Waals surface area contributed by atoms with Crippen molar-refractivity contribution in [2.24, 2.45) is 5.92 Å². The molecule has 0 saturated heterocycles. The number of ether oxygens (including phenoxy) is 1. The fourth-order valence-electron chi connectivity index (χ4n) is 3.43. The molecular weight excluding hydrogens is 354 g/mol. The van der Waals surface area contributed by atoms with E-state index in [0.29, 0.717) is 12.1 Å². The standard InChI is InChI=1S/C22H27N3O3/c1-14(2)20(22(27)24-17-8-10-18(28-3)11-9-17)25-21(26)19-12-15-6-4-5-7-16(15)13-23-19/h4-11,14,19-20,23H,12-13H2,1-3H3,(H,24,27)(H,25,26)/p+1/t19-,20+/m0/s1.